The molecule has 0 aliphatic carbocycles. The van der Waals surface area contributed by atoms with Crippen LogP contribution in [-0.2, 0) is 4.43 Å². The van der Waals surface area contributed by atoms with Gasteiger partial charge in [-0.05, 0) is 19.1 Å². The van der Waals surface area contributed by atoms with Crippen LogP contribution in [0.3, 0.4) is 0 Å². The molecule has 0 saturated heterocycles. The second-order valence-electron chi connectivity index (χ2n) is 1.65. The molecule has 0 spiro atoms. The smallest absolute Gasteiger partial charge is 0.113 e. The summed E-state index contributed by atoms with van der Waals surface area (Å²) in [6, 6.07) is 3.98. The monoisotopic (exact) mass is 222 g/mol. The second-order valence-corrected chi connectivity index (χ2v) is 2.41. The van der Waals surface area contributed by atoms with E-state index in [4.69, 9.17) is 4.42 Å². The van der Waals surface area contributed by atoms with Crippen molar-refractivity contribution in [1.29, 1.82) is 0 Å². The Bertz CT molecular complexity index is 169. The summed E-state index contributed by atoms with van der Waals surface area (Å²) in [5, 5.41) is 0. The van der Waals surface area contributed by atoms with Gasteiger partial charge < -0.3 is 4.42 Å². The largest absolute Gasteiger partial charge is 0.466 e. The number of furan rings is 1. The van der Waals surface area contributed by atoms with Gasteiger partial charge in [-0.15, -0.1) is 0 Å². The molecule has 1 nitrogen and oxygen atoms in total. The predicted octanol–water partition coefficient (Wildman–Crippen LogP) is 2.52. The van der Waals surface area contributed by atoms with Gasteiger partial charge in [0.15, 0.2) is 0 Å². The molecule has 1 rings (SSSR count). The minimum Gasteiger partial charge on any atom is -0.466 e. The van der Waals surface area contributed by atoms with Crippen LogP contribution >= 0.6 is 22.6 Å². The molecule has 1 aromatic heterocycles. The van der Waals surface area contributed by atoms with Crippen LogP contribution < -0.4 is 0 Å². The zero-order valence-electron chi connectivity index (χ0n) is 4.65. The molecule has 8 heavy (non-hydrogen) atoms. The standard InChI is InChI=1S/C6H7IO/c1-5-2-3-6(4-7)8-5/h2-3H,4H2,1H3. The van der Waals surface area contributed by atoms with Crippen molar-refractivity contribution < 1.29 is 4.42 Å². The maximum atomic E-state index is 5.23. The number of aryl methyl sites for hydroxylation is 1. The van der Waals surface area contributed by atoms with Gasteiger partial charge in [-0.1, -0.05) is 22.6 Å². The molecule has 0 amide bonds. The van der Waals surface area contributed by atoms with Crippen LogP contribution in [0, 0.1) is 6.92 Å². The van der Waals surface area contributed by atoms with E-state index < -0.39 is 0 Å². The van der Waals surface area contributed by atoms with Crippen molar-refractivity contribution in [2.24, 2.45) is 0 Å². The first-order chi connectivity index (χ1) is 3.83. The molecular formula is C6H7IO. The van der Waals surface area contributed by atoms with E-state index in [-0.39, 0.29) is 0 Å². The highest BCUT2D eigenvalue weighted by Crippen LogP contribution is 2.09. The third-order valence-electron chi connectivity index (χ3n) is 0.928. The van der Waals surface area contributed by atoms with Gasteiger partial charge in [0.25, 0.3) is 0 Å². The molecule has 2 heteroatoms. The first-order valence-electron chi connectivity index (χ1n) is 2.44. The van der Waals surface area contributed by atoms with Gasteiger partial charge in [-0.2, -0.15) is 0 Å². The van der Waals surface area contributed by atoms with Crippen molar-refractivity contribution in [3.05, 3.63) is 23.7 Å². The summed E-state index contributed by atoms with van der Waals surface area (Å²) >= 11 is 2.27. The van der Waals surface area contributed by atoms with Crippen LogP contribution in [0.15, 0.2) is 16.5 Å². The normalized spacial score (nSPS) is 9.75. The Labute approximate surface area is 62.2 Å². The Morgan fingerprint density at radius 3 is 2.62 bits per heavy atom. The van der Waals surface area contributed by atoms with Crippen LogP contribution in [0.1, 0.15) is 11.5 Å². The van der Waals surface area contributed by atoms with Gasteiger partial charge in [0.05, 0.1) is 4.43 Å². The number of hydrogen-bond donors (Lipinski definition) is 0. The lowest BCUT2D eigenvalue weighted by Crippen LogP contribution is -1.63. The first kappa shape index (κ1) is 6.13. The zero-order chi connectivity index (χ0) is 5.98. The molecule has 0 aliphatic rings. The van der Waals surface area contributed by atoms with E-state index in [1.54, 1.807) is 0 Å². The Morgan fingerprint density at radius 1 is 1.62 bits per heavy atom. The lowest BCUT2D eigenvalue weighted by molar-refractivity contribution is 0.503. The topological polar surface area (TPSA) is 13.1 Å². The molecule has 0 aliphatic heterocycles. The summed E-state index contributed by atoms with van der Waals surface area (Å²) in [6.45, 7) is 1.95. The van der Waals surface area contributed by atoms with E-state index in [2.05, 4.69) is 22.6 Å². The predicted molar refractivity (Wildman–Crippen MR) is 41.2 cm³/mol. The Morgan fingerprint density at radius 2 is 2.38 bits per heavy atom. The molecule has 0 unspecified atom stereocenters. The van der Waals surface area contributed by atoms with E-state index >= 15 is 0 Å². The van der Waals surface area contributed by atoms with E-state index in [1.165, 1.54) is 0 Å². The van der Waals surface area contributed by atoms with Crippen molar-refractivity contribution in [2.45, 2.75) is 11.4 Å². The third kappa shape index (κ3) is 1.24. The van der Waals surface area contributed by atoms with Crippen molar-refractivity contribution in [3.8, 4) is 0 Å². The number of halogens is 1. The lowest BCUT2D eigenvalue weighted by atomic mass is 10.5. The van der Waals surface area contributed by atoms with Crippen molar-refractivity contribution in [3.63, 3.8) is 0 Å². The van der Waals surface area contributed by atoms with Crippen LogP contribution in [0.2, 0.25) is 0 Å². The van der Waals surface area contributed by atoms with Gasteiger partial charge in [0.1, 0.15) is 11.5 Å². The molecule has 44 valence electrons. The fourth-order valence-electron chi connectivity index (χ4n) is 0.557. The highest BCUT2D eigenvalue weighted by Gasteiger charge is 1.92. The van der Waals surface area contributed by atoms with Crippen molar-refractivity contribution >= 4 is 22.6 Å². The van der Waals surface area contributed by atoms with Crippen LogP contribution in [0.5, 0.6) is 0 Å². The van der Waals surface area contributed by atoms with Gasteiger partial charge in [0.2, 0.25) is 0 Å². The number of hydrogen-bond acceptors (Lipinski definition) is 1. The zero-order valence-corrected chi connectivity index (χ0v) is 6.81. The maximum Gasteiger partial charge on any atom is 0.113 e. The summed E-state index contributed by atoms with van der Waals surface area (Å²) in [5.41, 5.74) is 0. The molecule has 0 bridgehead atoms. The van der Waals surface area contributed by atoms with E-state index in [0.29, 0.717) is 0 Å². The lowest BCUT2D eigenvalue weighted by Gasteiger charge is -1.81. The summed E-state index contributed by atoms with van der Waals surface area (Å²) in [5.74, 6) is 2.06. The molecule has 0 aromatic carbocycles. The third-order valence-corrected chi connectivity index (χ3v) is 1.68. The maximum absolute atomic E-state index is 5.23. The van der Waals surface area contributed by atoms with Gasteiger partial charge in [-0.3, -0.25) is 0 Å². The summed E-state index contributed by atoms with van der Waals surface area (Å²) in [6.07, 6.45) is 0. The van der Waals surface area contributed by atoms with Crippen LogP contribution in [0.25, 0.3) is 0 Å². The first-order valence-corrected chi connectivity index (χ1v) is 3.97. The fraction of sp³-hybridized carbons (Fsp3) is 0.333. The minimum absolute atomic E-state index is 0.964. The SMILES string of the molecule is Cc1ccc(CI)o1. The Balaban J connectivity index is 2.84. The number of alkyl halides is 1. The summed E-state index contributed by atoms with van der Waals surface area (Å²) in [4.78, 5) is 0. The van der Waals surface area contributed by atoms with Crippen molar-refractivity contribution in [2.75, 3.05) is 0 Å². The van der Waals surface area contributed by atoms with Crippen LogP contribution in [0.4, 0.5) is 0 Å². The molecule has 0 saturated carbocycles. The van der Waals surface area contributed by atoms with Gasteiger partial charge in [-0.25, -0.2) is 0 Å². The van der Waals surface area contributed by atoms with E-state index in [1.807, 2.05) is 19.1 Å². The minimum atomic E-state index is 0.964. The van der Waals surface area contributed by atoms with E-state index in [0.717, 1.165) is 15.9 Å². The summed E-state index contributed by atoms with van der Waals surface area (Å²) in [7, 11) is 0. The average molecular weight is 222 g/mol. The molecule has 0 fully saturated rings. The molecule has 1 heterocycles. The molecule has 0 atom stereocenters. The van der Waals surface area contributed by atoms with Gasteiger partial charge >= 0.3 is 0 Å². The quantitative estimate of drug-likeness (QED) is 0.525. The summed E-state index contributed by atoms with van der Waals surface area (Å²) < 4.78 is 6.19. The molecule has 0 N–H and O–H groups in total. The second kappa shape index (κ2) is 2.53. The number of rotatable bonds is 1. The highest BCUT2D eigenvalue weighted by atomic mass is 127. The van der Waals surface area contributed by atoms with Gasteiger partial charge in [0, 0.05) is 0 Å². The fourth-order valence-corrected chi connectivity index (χ4v) is 0.967. The Kier molecular flexibility index (Phi) is 1.94. The molecule has 1 aromatic rings. The van der Waals surface area contributed by atoms with Crippen LogP contribution in [-0.4, -0.2) is 0 Å². The molecular weight excluding hydrogens is 215 g/mol. The highest BCUT2D eigenvalue weighted by molar-refractivity contribution is 14.1. The molecule has 0 radical (unpaired) electrons. The Hall–Kier alpha value is 0.01000. The van der Waals surface area contributed by atoms with E-state index in [9.17, 15) is 0 Å². The average Bonchev–Trinajstić information content (AvgIpc) is 2.14. The van der Waals surface area contributed by atoms with Crippen molar-refractivity contribution in [1.82, 2.24) is 0 Å².